The van der Waals surface area contributed by atoms with E-state index in [2.05, 4.69) is 5.32 Å². The molecule has 2 N–H and O–H groups in total. The average molecular weight is 346 g/mol. The molecule has 0 atom stereocenters. The van der Waals surface area contributed by atoms with Gasteiger partial charge in [-0.25, -0.2) is 0 Å². The molecule has 1 aromatic carbocycles. The Kier molecular flexibility index (Phi) is 6.17. The van der Waals surface area contributed by atoms with Gasteiger partial charge in [0.15, 0.2) is 0 Å². The van der Waals surface area contributed by atoms with Gasteiger partial charge in [0.2, 0.25) is 11.8 Å². The quantitative estimate of drug-likeness (QED) is 0.858. The van der Waals surface area contributed by atoms with Gasteiger partial charge in [0, 0.05) is 18.7 Å². The molecule has 2 amide bonds. The lowest BCUT2D eigenvalue weighted by atomic mass is 9.81. The Labute approximate surface area is 148 Å². The van der Waals surface area contributed by atoms with Crippen LogP contribution in [0.25, 0.3) is 0 Å². The van der Waals surface area contributed by atoms with Crippen LogP contribution in [0, 0.1) is 25.7 Å². The number of amides is 2. The van der Waals surface area contributed by atoms with Gasteiger partial charge in [-0.05, 0) is 56.7 Å². The summed E-state index contributed by atoms with van der Waals surface area (Å²) in [6.45, 7) is 3.92. The number of carboxylic acid groups (broad SMARTS) is 1. The molecule has 0 saturated heterocycles. The van der Waals surface area contributed by atoms with E-state index < -0.39 is 5.97 Å². The van der Waals surface area contributed by atoms with Gasteiger partial charge in [0.05, 0.1) is 12.5 Å². The number of nitrogens with one attached hydrogen (secondary N) is 1. The zero-order chi connectivity index (χ0) is 18.6. The van der Waals surface area contributed by atoms with Crippen molar-refractivity contribution < 1.29 is 19.5 Å². The van der Waals surface area contributed by atoms with Gasteiger partial charge >= 0.3 is 5.97 Å². The van der Waals surface area contributed by atoms with Crippen LogP contribution in [-0.2, 0) is 14.4 Å². The maximum absolute atomic E-state index is 12.5. The highest BCUT2D eigenvalue weighted by Crippen LogP contribution is 2.30. The smallest absolute Gasteiger partial charge is 0.306 e. The molecule has 0 heterocycles. The van der Waals surface area contributed by atoms with Crippen molar-refractivity contribution >= 4 is 23.5 Å². The molecule has 136 valence electrons. The summed E-state index contributed by atoms with van der Waals surface area (Å²) in [4.78, 5) is 37.1. The van der Waals surface area contributed by atoms with Gasteiger partial charge in [-0.3, -0.25) is 14.4 Å². The van der Waals surface area contributed by atoms with E-state index in [1.54, 1.807) is 7.05 Å². The number of benzene rings is 1. The van der Waals surface area contributed by atoms with Gasteiger partial charge in [-0.2, -0.15) is 0 Å². The van der Waals surface area contributed by atoms with E-state index in [4.69, 9.17) is 5.11 Å². The first kappa shape index (κ1) is 19.0. The summed E-state index contributed by atoms with van der Waals surface area (Å²) in [6, 6.07) is 5.71. The predicted molar refractivity (Wildman–Crippen MR) is 95.3 cm³/mol. The van der Waals surface area contributed by atoms with Gasteiger partial charge in [0.1, 0.15) is 0 Å². The molecule has 1 aliphatic carbocycles. The third-order valence-electron chi connectivity index (χ3n) is 5.06. The highest BCUT2D eigenvalue weighted by Gasteiger charge is 2.31. The standard InChI is InChI=1S/C19H26N2O4/c1-12-5-4-6-16(13(12)2)20-17(22)11-21(3)18(23)14-7-9-15(10-8-14)19(24)25/h4-6,14-15H,7-11H2,1-3H3,(H,20,22)(H,24,25). The van der Waals surface area contributed by atoms with Crippen molar-refractivity contribution in [2.24, 2.45) is 11.8 Å². The number of aryl methyl sites for hydroxylation is 1. The minimum absolute atomic E-state index is 0.00885. The topological polar surface area (TPSA) is 86.7 Å². The van der Waals surface area contributed by atoms with Gasteiger partial charge in [-0.1, -0.05) is 12.1 Å². The zero-order valence-corrected chi connectivity index (χ0v) is 15.0. The molecule has 0 unspecified atom stereocenters. The molecule has 0 spiro atoms. The van der Waals surface area contributed by atoms with E-state index in [0.29, 0.717) is 25.7 Å². The highest BCUT2D eigenvalue weighted by atomic mass is 16.4. The Bertz CT molecular complexity index is 663. The van der Waals surface area contributed by atoms with Crippen molar-refractivity contribution in [3.05, 3.63) is 29.3 Å². The van der Waals surface area contributed by atoms with E-state index in [9.17, 15) is 14.4 Å². The van der Waals surface area contributed by atoms with Crippen molar-refractivity contribution in [2.45, 2.75) is 39.5 Å². The van der Waals surface area contributed by atoms with Crippen LogP contribution in [0.3, 0.4) is 0 Å². The van der Waals surface area contributed by atoms with Crippen LogP contribution in [0.2, 0.25) is 0 Å². The van der Waals surface area contributed by atoms with E-state index in [-0.39, 0.29) is 30.2 Å². The molecule has 6 heteroatoms. The van der Waals surface area contributed by atoms with Crippen molar-refractivity contribution in [3.63, 3.8) is 0 Å². The Balaban J connectivity index is 1.87. The summed E-state index contributed by atoms with van der Waals surface area (Å²) < 4.78 is 0. The fraction of sp³-hybridized carbons (Fsp3) is 0.526. The number of carboxylic acids is 1. The maximum Gasteiger partial charge on any atom is 0.306 e. The Morgan fingerprint density at radius 2 is 1.72 bits per heavy atom. The van der Waals surface area contributed by atoms with Gasteiger partial charge in [-0.15, -0.1) is 0 Å². The number of carbonyl (C=O) groups excluding carboxylic acids is 2. The fourth-order valence-electron chi connectivity index (χ4n) is 3.27. The molecule has 2 rings (SSSR count). The molecule has 0 aliphatic heterocycles. The number of hydrogen-bond acceptors (Lipinski definition) is 3. The van der Waals surface area contributed by atoms with Crippen molar-refractivity contribution in [1.82, 2.24) is 4.90 Å². The molecule has 6 nitrogen and oxygen atoms in total. The summed E-state index contributed by atoms with van der Waals surface area (Å²) in [5.74, 6) is -1.63. The molecule has 0 aromatic heterocycles. The molecule has 1 saturated carbocycles. The first-order valence-corrected chi connectivity index (χ1v) is 8.63. The molecule has 1 fully saturated rings. The third kappa shape index (κ3) is 4.81. The molecular formula is C19H26N2O4. The van der Waals surface area contributed by atoms with Crippen molar-refractivity contribution in [3.8, 4) is 0 Å². The fourth-order valence-corrected chi connectivity index (χ4v) is 3.27. The van der Waals surface area contributed by atoms with Gasteiger partial charge < -0.3 is 15.3 Å². The maximum atomic E-state index is 12.5. The largest absolute Gasteiger partial charge is 0.481 e. The summed E-state index contributed by atoms with van der Waals surface area (Å²) in [5, 5.41) is 11.9. The van der Waals surface area contributed by atoms with Crippen LogP contribution in [0.1, 0.15) is 36.8 Å². The second-order valence-corrected chi connectivity index (χ2v) is 6.88. The molecular weight excluding hydrogens is 320 g/mol. The van der Waals surface area contributed by atoms with Crippen LogP contribution < -0.4 is 5.32 Å². The van der Waals surface area contributed by atoms with Crippen LogP contribution in [-0.4, -0.2) is 41.4 Å². The Hall–Kier alpha value is -2.37. The number of rotatable bonds is 5. The lowest BCUT2D eigenvalue weighted by Gasteiger charge is -2.28. The summed E-state index contributed by atoms with van der Waals surface area (Å²) in [7, 11) is 1.62. The SMILES string of the molecule is Cc1cccc(NC(=O)CN(C)C(=O)C2CCC(C(=O)O)CC2)c1C. The third-order valence-corrected chi connectivity index (χ3v) is 5.06. The number of hydrogen-bond donors (Lipinski definition) is 2. The van der Waals surface area contributed by atoms with Crippen molar-refractivity contribution in [1.29, 1.82) is 0 Å². The average Bonchev–Trinajstić information content (AvgIpc) is 2.58. The predicted octanol–water partition coefficient (Wildman–Crippen LogP) is 2.59. The molecule has 0 radical (unpaired) electrons. The Morgan fingerprint density at radius 3 is 2.32 bits per heavy atom. The van der Waals surface area contributed by atoms with Gasteiger partial charge in [0.25, 0.3) is 0 Å². The first-order chi connectivity index (χ1) is 11.8. The van der Waals surface area contributed by atoms with Crippen LogP contribution >= 0.6 is 0 Å². The lowest BCUT2D eigenvalue weighted by molar-refractivity contribution is -0.145. The number of anilines is 1. The van der Waals surface area contributed by atoms with E-state index >= 15 is 0 Å². The lowest BCUT2D eigenvalue weighted by Crippen LogP contribution is -2.40. The molecule has 25 heavy (non-hydrogen) atoms. The second-order valence-electron chi connectivity index (χ2n) is 6.88. The summed E-state index contributed by atoms with van der Waals surface area (Å²) >= 11 is 0. The normalized spacial score (nSPS) is 20.0. The van der Waals surface area contributed by atoms with Crippen molar-refractivity contribution in [2.75, 3.05) is 18.9 Å². The molecule has 1 aliphatic rings. The minimum Gasteiger partial charge on any atom is -0.481 e. The van der Waals surface area contributed by atoms with E-state index in [1.165, 1.54) is 4.90 Å². The number of likely N-dealkylation sites (N-methyl/N-ethyl adjacent to an activating group) is 1. The van der Waals surface area contributed by atoms with Crippen LogP contribution in [0.4, 0.5) is 5.69 Å². The number of carbonyl (C=O) groups is 3. The highest BCUT2D eigenvalue weighted by molar-refractivity contribution is 5.95. The van der Waals surface area contributed by atoms with Crippen LogP contribution in [0.5, 0.6) is 0 Å². The van der Waals surface area contributed by atoms with E-state index in [1.807, 2.05) is 32.0 Å². The van der Waals surface area contributed by atoms with E-state index in [0.717, 1.165) is 16.8 Å². The number of aliphatic carboxylic acids is 1. The minimum atomic E-state index is -0.785. The molecule has 1 aromatic rings. The zero-order valence-electron chi connectivity index (χ0n) is 15.0. The van der Waals surface area contributed by atoms with Crippen LogP contribution in [0.15, 0.2) is 18.2 Å². The Morgan fingerprint density at radius 1 is 1.12 bits per heavy atom. The summed E-state index contributed by atoms with van der Waals surface area (Å²) in [6.07, 6.45) is 2.18. The molecule has 0 bridgehead atoms. The first-order valence-electron chi connectivity index (χ1n) is 8.63. The monoisotopic (exact) mass is 346 g/mol. The number of nitrogens with zero attached hydrogens (tertiary/aromatic N) is 1. The summed E-state index contributed by atoms with van der Waals surface area (Å²) in [5.41, 5.74) is 2.86. The second kappa shape index (κ2) is 8.14.